The molecule has 2 bridgehead atoms. The number of likely N-dealkylation sites (tertiary alicyclic amines) is 1. The second kappa shape index (κ2) is 12.5. The molecule has 1 N–H and O–H groups in total. The number of rotatable bonds is 8. The molecule has 3 aliphatic carbocycles. The molecule has 0 unspecified atom stereocenters. The zero-order valence-corrected chi connectivity index (χ0v) is 27.7. The fourth-order valence-corrected chi connectivity index (χ4v) is 10.2. The molecular formula is C35H51BFNO7. The van der Waals surface area contributed by atoms with Gasteiger partial charge >= 0.3 is 13.1 Å². The zero-order valence-electron chi connectivity index (χ0n) is 27.7. The largest absolute Gasteiger partial charge is 0.494 e. The highest BCUT2D eigenvalue weighted by Crippen LogP contribution is 2.69. The first-order valence-corrected chi connectivity index (χ1v) is 17.2. The van der Waals surface area contributed by atoms with E-state index in [9.17, 15) is 14.6 Å². The fourth-order valence-electron chi connectivity index (χ4n) is 10.2. The Morgan fingerprint density at radius 3 is 2.62 bits per heavy atom. The molecule has 0 spiro atoms. The van der Waals surface area contributed by atoms with Crippen molar-refractivity contribution in [1.29, 1.82) is 0 Å². The average Bonchev–Trinajstić information content (AvgIpc) is 3.62. The third-order valence-electron chi connectivity index (χ3n) is 13.1. The van der Waals surface area contributed by atoms with Crippen LogP contribution >= 0.6 is 0 Å². The van der Waals surface area contributed by atoms with Crippen molar-refractivity contribution in [2.75, 3.05) is 33.4 Å². The molecule has 6 rings (SSSR count). The van der Waals surface area contributed by atoms with Crippen molar-refractivity contribution in [3.8, 4) is 5.75 Å². The number of fused-ring (bicyclic) bond motifs is 1. The van der Waals surface area contributed by atoms with Crippen LogP contribution in [0.4, 0.5) is 4.39 Å². The van der Waals surface area contributed by atoms with Crippen LogP contribution in [0.15, 0.2) is 12.1 Å². The van der Waals surface area contributed by atoms with Crippen molar-refractivity contribution in [3.63, 3.8) is 0 Å². The van der Waals surface area contributed by atoms with E-state index >= 15 is 4.39 Å². The monoisotopic (exact) mass is 627 g/mol. The van der Waals surface area contributed by atoms with Crippen LogP contribution in [0.3, 0.4) is 0 Å². The molecule has 5 aliphatic rings. The molecule has 3 saturated carbocycles. The molecule has 248 valence electrons. The minimum atomic E-state index is -1.36. The predicted molar refractivity (Wildman–Crippen MR) is 168 cm³/mol. The van der Waals surface area contributed by atoms with Gasteiger partial charge in [0, 0.05) is 35.2 Å². The van der Waals surface area contributed by atoms with Crippen molar-refractivity contribution in [3.05, 3.63) is 23.5 Å². The summed E-state index contributed by atoms with van der Waals surface area (Å²) in [5, 5.41) is 10.0. The number of esters is 1. The van der Waals surface area contributed by atoms with E-state index < -0.39 is 42.4 Å². The molecule has 1 aromatic rings. The van der Waals surface area contributed by atoms with Gasteiger partial charge in [0.2, 0.25) is 0 Å². The Labute approximate surface area is 267 Å². The first-order valence-electron chi connectivity index (χ1n) is 17.2. The van der Waals surface area contributed by atoms with E-state index in [1.54, 1.807) is 13.2 Å². The molecule has 1 aromatic carbocycles. The maximum atomic E-state index is 15.2. The summed E-state index contributed by atoms with van der Waals surface area (Å²) in [7, 11) is 0.407. The lowest BCUT2D eigenvalue weighted by Gasteiger charge is -2.62. The summed E-state index contributed by atoms with van der Waals surface area (Å²) in [6.45, 7) is 11.4. The topological polar surface area (TPSA) is 94.5 Å². The SMILES string of the molecule is CO[C@@H]1CC[C@@]23CC[C@@H](C)[C@@](C)([C@H](OC(=O)COc4ccc5c(c4F)B(O)OC5)C[C@@](C)(CCN4CCCCC4)C(=O)[C@@H]2C)[C@@H]13. The smallest absolute Gasteiger partial charge is 0.479 e. The molecule has 0 amide bonds. The lowest BCUT2D eigenvalue weighted by atomic mass is 9.43. The van der Waals surface area contributed by atoms with Crippen LogP contribution in [-0.2, 0) is 30.3 Å². The molecule has 4 fully saturated rings. The van der Waals surface area contributed by atoms with E-state index in [2.05, 4.69) is 32.6 Å². The van der Waals surface area contributed by atoms with Gasteiger partial charge in [-0.15, -0.1) is 0 Å². The van der Waals surface area contributed by atoms with Crippen molar-refractivity contribution in [2.45, 2.75) is 104 Å². The van der Waals surface area contributed by atoms with Crippen LogP contribution in [0.1, 0.15) is 91.0 Å². The second-order valence-corrected chi connectivity index (χ2v) is 15.2. The normalized spacial score (nSPS) is 38.3. The number of piperidine rings is 1. The number of benzene rings is 1. The molecule has 8 atom stereocenters. The van der Waals surface area contributed by atoms with Gasteiger partial charge in [0.15, 0.2) is 18.2 Å². The minimum absolute atomic E-state index is 0.0164. The van der Waals surface area contributed by atoms with E-state index in [-0.39, 0.29) is 52.9 Å². The van der Waals surface area contributed by atoms with Crippen LogP contribution < -0.4 is 10.2 Å². The maximum absolute atomic E-state index is 15.2. The van der Waals surface area contributed by atoms with Gasteiger partial charge in [-0.3, -0.25) is 4.79 Å². The Morgan fingerprint density at radius 2 is 1.89 bits per heavy atom. The Kier molecular flexibility index (Phi) is 9.18. The molecule has 45 heavy (non-hydrogen) atoms. The summed E-state index contributed by atoms with van der Waals surface area (Å²) in [6.07, 6.45) is 8.01. The molecule has 8 nitrogen and oxygen atoms in total. The van der Waals surface area contributed by atoms with Crippen molar-refractivity contribution in [2.24, 2.45) is 34.0 Å². The maximum Gasteiger partial charge on any atom is 0.494 e. The molecule has 10 heteroatoms. The number of methoxy groups -OCH3 is 1. The number of carbonyl (C=O) groups is 2. The molecule has 1 saturated heterocycles. The highest BCUT2D eigenvalue weighted by atomic mass is 19.1. The standard InChI is InChI=1S/C35H51BFNO7/c1-22-11-13-35-14-12-26(42-5)31(35)34(22,4)27(19-33(3,32(40)23(35)2)15-18-38-16-7-6-8-17-38)45-28(39)21-43-25-10-9-24-20-44-36(41)29(24)30(25)37/h9-10,22-23,26-27,31,41H,6-8,11-21H2,1-5H3/t22-,23+,26-,27-,31-,33-,34+,35+/m1/s1. The number of hydrogen-bond acceptors (Lipinski definition) is 8. The summed E-state index contributed by atoms with van der Waals surface area (Å²) in [5.41, 5.74) is -0.688. The number of hydrogen-bond donors (Lipinski definition) is 1. The molecule has 0 aromatic heterocycles. The quantitative estimate of drug-likeness (QED) is 0.329. The van der Waals surface area contributed by atoms with Crippen LogP contribution in [0.5, 0.6) is 5.75 Å². The average molecular weight is 628 g/mol. The Morgan fingerprint density at radius 1 is 1.16 bits per heavy atom. The van der Waals surface area contributed by atoms with Gasteiger partial charge in [-0.1, -0.05) is 40.2 Å². The van der Waals surface area contributed by atoms with Crippen LogP contribution in [-0.4, -0.2) is 74.4 Å². The minimum Gasteiger partial charge on any atom is -0.479 e. The lowest BCUT2D eigenvalue weighted by Crippen LogP contribution is -2.63. The predicted octanol–water partition coefficient (Wildman–Crippen LogP) is 4.67. The summed E-state index contributed by atoms with van der Waals surface area (Å²) < 4.78 is 38.6. The number of halogens is 1. The van der Waals surface area contributed by atoms with E-state index in [0.717, 1.165) is 51.7 Å². The molecule has 2 aliphatic heterocycles. The van der Waals surface area contributed by atoms with Gasteiger partial charge in [0.1, 0.15) is 11.9 Å². The number of ketones is 1. The van der Waals surface area contributed by atoms with Crippen molar-refractivity contribution >= 4 is 24.3 Å². The van der Waals surface area contributed by atoms with Gasteiger partial charge in [-0.25, -0.2) is 9.18 Å². The van der Waals surface area contributed by atoms with E-state index in [4.69, 9.17) is 18.9 Å². The Balaban J connectivity index is 1.30. The van der Waals surface area contributed by atoms with Gasteiger partial charge in [-0.2, -0.15) is 0 Å². The summed E-state index contributed by atoms with van der Waals surface area (Å²) in [6, 6.07) is 3.09. The highest BCUT2D eigenvalue weighted by Gasteiger charge is 2.68. The molecule has 2 heterocycles. The zero-order chi connectivity index (χ0) is 32.1. The van der Waals surface area contributed by atoms with Crippen LogP contribution in [0.25, 0.3) is 0 Å². The van der Waals surface area contributed by atoms with Crippen molar-refractivity contribution < 1.29 is 37.9 Å². The van der Waals surface area contributed by atoms with Crippen molar-refractivity contribution in [1.82, 2.24) is 4.90 Å². The summed E-state index contributed by atoms with van der Waals surface area (Å²) >= 11 is 0. The van der Waals surface area contributed by atoms with Gasteiger partial charge in [-0.05, 0) is 94.0 Å². The first kappa shape index (κ1) is 32.9. The highest BCUT2D eigenvalue weighted by molar-refractivity contribution is 6.61. The van der Waals surface area contributed by atoms with E-state index in [1.807, 2.05) is 0 Å². The number of nitrogens with zero attached hydrogens (tertiary/aromatic N) is 1. The Hall–Kier alpha value is -2.01. The molecular weight excluding hydrogens is 576 g/mol. The van der Waals surface area contributed by atoms with Gasteiger partial charge in [0.05, 0.1) is 12.7 Å². The number of Topliss-reactive ketones (excluding diaryl/α,β-unsaturated/α-hetero) is 1. The fraction of sp³-hybridized carbons (Fsp3) is 0.771. The number of carbonyl (C=O) groups excluding carboxylic acids is 2. The number of ether oxygens (including phenoxy) is 3. The lowest BCUT2D eigenvalue weighted by molar-refractivity contribution is -0.208. The second-order valence-electron chi connectivity index (χ2n) is 15.2. The first-order chi connectivity index (χ1) is 21.4. The van der Waals surface area contributed by atoms with E-state index in [0.29, 0.717) is 12.0 Å². The van der Waals surface area contributed by atoms with Gasteiger partial charge < -0.3 is 28.8 Å². The van der Waals surface area contributed by atoms with E-state index in [1.165, 1.54) is 25.3 Å². The third-order valence-corrected chi connectivity index (χ3v) is 13.1. The van der Waals surface area contributed by atoms with Crippen LogP contribution in [0, 0.1) is 39.8 Å². The summed E-state index contributed by atoms with van der Waals surface area (Å²) in [5.74, 6) is -0.958. The summed E-state index contributed by atoms with van der Waals surface area (Å²) in [4.78, 5) is 30.8. The Bertz CT molecular complexity index is 1290. The van der Waals surface area contributed by atoms with Crippen LogP contribution in [0.2, 0.25) is 0 Å². The molecule has 0 radical (unpaired) electrons. The third kappa shape index (κ3) is 5.55. The van der Waals surface area contributed by atoms with Gasteiger partial charge in [0.25, 0.3) is 0 Å².